The van der Waals surface area contributed by atoms with Gasteiger partial charge >= 0.3 is 0 Å². The predicted molar refractivity (Wildman–Crippen MR) is 168 cm³/mol. The number of rotatable bonds is 10. The number of aliphatic hydroxyl groups excluding tert-OH is 1. The van der Waals surface area contributed by atoms with Gasteiger partial charge in [-0.2, -0.15) is 0 Å². The van der Waals surface area contributed by atoms with Crippen LogP contribution in [0.15, 0.2) is 108 Å². The molecule has 0 bridgehead atoms. The maximum absolute atomic E-state index is 13.5. The van der Waals surface area contributed by atoms with Crippen LogP contribution in [0.4, 0.5) is 0 Å². The van der Waals surface area contributed by atoms with Gasteiger partial charge in [0.2, 0.25) is 0 Å². The molecule has 2 N–H and O–H groups in total. The van der Waals surface area contributed by atoms with E-state index < -0.39 is 11.6 Å². The number of hydrogen-bond acceptors (Lipinski definition) is 3. The predicted octanol–water partition coefficient (Wildman–Crippen LogP) is 7.51. The van der Waals surface area contributed by atoms with E-state index in [1.54, 1.807) is 12.2 Å². The summed E-state index contributed by atoms with van der Waals surface area (Å²) >= 11 is 0. The van der Waals surface area contributed by atoms with Crippen molar-refractivity contribution in [2.45, 2.75) is 65.5 Å². The first kappa shape index (κ1) is 30.3. The summed E-state index contributed by atoms with van der Waals surface area (Å²) < 4.78 is 0. The highest BCUT2D eigenvalue weighted by atomic mass is 16.3. The Bertz CT molecular complexity index is 1500. The molecule has 0 fully saturated rings. The van der Waals surface area contributed by atoms with Crippen molar-refractivity contribution in [3.05, 3.63) is 113 Å². The zero-order chi connectivity index (χ0) is 29.3. The Kier molecular flexibility index (Phi) is 10.4. The molecule has 0 spiro atoms. The zero-order valence-electron chi connectivity index (χ0n) is 24.3. The fourth-order valence-corrected chi connectivity index (χ4v) is 4.69. The van der Waals surface area contributed by atoms with Gasteiger partial charge in [-0.1, -0.05) is 84.8 Å². The fraction of sp³-hybridized carbons (Fsp3) is 0.278. The van der Waals surface area contributed by atoms with Crippen LogP contribution in [-0.4, -0.2) is 27.6 Å². The van der Waals surface area contributed by atoms with Gasteiger partial charge in [-0.15, -0.1) is 6.42 Å². The molecule has 1 heterocycles. The first-order valence-electron chi connectivity index (χ1n) is 13.6. The van der Waals surface area contributed by atoms with E-state index >= 15 is 0 Å². The molecule has 0 saturated heterocycles. The molecule has 1 atom stereocenters. The van der Waals surface area contributed by atoms with E-state index in [0.717, 1.165) is 38.7 Å². The number of nitrogens with zero attached hydrogens (tertiary/aromatic N) is 1. The number of allylic oxidation sites excluding steroid dienone is 5. The van der Waals surface area contributed by atoms with Crippen molar-refractivity contribution in [2.24, 2.45) is 0 Å². The monoisotopic (exact) mass is 532 g/mol. The molecule has 4 heteroatoms. The molecule has 0 aliphatic carbocycles. The second-order valence-electron chi connectivity index (χ2n) is 11.1. The van der Waals surface area contributed by atoms with Crippen LogP contribution in [0.1, 0.15) is 53.0 Å². The van der Waals surface area contributed by atoms with Crippen molar-refractivity contribution in [2.75, 3.05) is 0 Å². The SMILES string of the molecule is C#C/C(CCC(O)Cc1ccccc1-c1nccc2ccccc12)=C(/C(=O)NC(C)(C)C)C(/C=C\C=C)=C(C)C. The van der Waals surface area contributed by atoms with Crippen LogP contribution in [0.2, 0.25) is 0 Å². The molecule has 1 amide bonds. The molecular weight excluding hydrogens is 492 g/mol. The number of aliphatic hydroxyl groups is 1. The number of pyridine rings is 1. The summed E-state index contributed by atoms with van der Waals surface area (Å²) in [6, 6.07) is 18.2. The van der Waals surface area contributed by atoms with Crippen LogP contribution in [0.25, 0.3) is 22.0 Å². The number of carbonyl (C=O) groups excluding carboxylic acids is 1. The summed E-state index contributed by atoms with van der Waals surface area (Å²) in [5, 5.41) is 16.4. The Balaban J connectivity index is 1.92. The molecule has 1 unspecified atom stereocenters. The largest absolute Gasteiger partial charge is 0.393 e. The topological polar surface area (TPSA) is 62.2 Å². The number of benzene rings is 2. The number of nitrogens with one attached hydrogen (secondary N) is 1. The lowest BCUT2D eigenvalue weighted by atomic mass is 9.90. The third-order valence-corrected chi connectivity index (χ3v) is 6.53. The van der Waals surface area contributed by atoms with E-state index in [0.29, 0.717) is 30.4 Å². The van der Waals surface area contributed by atoms with E-state index in [-0.39, 0.29) is 5.91 Å². The Morgan fingerprint density at radius 3 is 2.50 bits per heavy atom. The zero-order valence-corrected chi connectivity index (χ0v) is 24.3. The van der Waals surface area contributed by atoms with Gasteiger partial charge in [-0.25, -0.2) is 0 Å². The summed E-state index contributed by atoms with van der Waals surface area (Å²) in [6.07, 6.45) is 13.7. The molecule has 1 aromatic heterocycles. The molecule has 0 radical (unpaired) electrons. The van der Waals surface area contributed by atoms with E-state index in [9.17, 15) is 9.90 Å². The Labute approximate surface area is 239 Å². The molecule has 0 aliphatic rings. The number of terminal acetylenes is 1. The first-order chi connectivity index (χ1) is 19.1. The normalized spacial score (nSPS) is 12.9. The summed E-state index contributed by atoms with van der Waals surface area (Å²) in [5.41, 5.74) is 5.22. The van der Waals surface area contributed by atoms with Crippen LogP contribution in [0.3, 0.4) is 0 Å². The molecule has 0 saturated carbocycles. The highest BCUT2D eigenvalue weighted by molar-refractivity contribution is 6.01. The average molecular weight is 533 g/mol. The van der Waals surface area contributed by atoms with Crippen LogP contribution < -0.4 is 5.32 Å². The number of fused-ring (bicyclic) bond motifs is 1. The van der Waals surface area contributed by atoms with Gasteiger partial charge in [0.25, 0.3) is 5.91 Å². The number of amides is 1. The fourth-order valence-electron chi connectivity index (χ4n) is 4.69. The maximum atomic E-state index is 13.5. The second kappa shape index (κ2) is 13.7. The Morgan fingerprint density at radius 1 is 1.12 bits per heavy atom. The molecule has 3 rings (SSSR count). The van der Waals surface area contributed by atoms with Crippen LogP contribution in [-0.2, 0) is 11.2 Å². The molecule has 206 valence electrons. The maximum Gasteiger partial charge on any atom is 0.253 e. The van der Waals surface area contributed by atoms with E-state index in [1.807, 2.05) is 89.4 Å². The molecular formula is C36H40N2O2. The second-order valence-corrected chi connectivity index (χ2v) is 11.1. The lowest BCUT2D eigenvalue weighted by Gasteiger charge is -2.24. The minimum Gasteiger partial charge on any atom is -0.393 e. The van der Waals surface area contributed by atoms with Gasteiger partial charge in [0.15, 0.2) is 0 Å². The highest BCUT2D eigenvalue weighted by Gasteiger charge is 2.23. The Hall–Kier alpha value is -4.20. The molecule has 2 aromatic carbocycles. The first-order valence-corrected chi connectivity index (χ1v) is 13.6. The quantitative estimate of drug-likeness (QED) is 0.161. The van der Waals surface area contributed by atoms with Gasteiger partial charge in [-0.05, 0) is 76.5 Å². The van der Waals surface area contributed by atoms with E-state index in [2.05, 4.69) is 34.9 Å². The number of aromatic nitrogens is 1. The minimum atomic E-state index is -0.662. The molecule has 40 heavy (non-hydrogen) atoms. The van der Waals surface area contributed by atoms with Crippen LogP contribution >= 0.6 is 0 Å². The lowest BCUT2D eigenvalue weighted by molar-refractivity contribution is -0.118. The van der Waals surface area contributed by atoms with Crippen molar-refractivity contribution in [1.82, 2.24) is 10.3 Å². The highest BCUT2D eigenvalue weighted by Crippen LogP contribution is 2.31. The van der Waals surface area contributed by atoms with Crippen molar-refractivity contribution in [1.29, 1.82) is 0 Å². The van der Waals surface area contributed by atoms with Crippen LogP contribution in [0.5, 0.6) is 0 Å². The number of hydrogen-bond donors (Lipinski definition) is 2. The molecule has 0 aliphatic heterocycles. The molecule has 4 nitrogen and oxygen atoms in total. The van der Waals surface area contributed by atoms with Crippen molar-refractivity contribution in [3.63, 3.8) is 0 Å². The summed E-state index contributed by atoms with van der Waals surface area (Å²) in [7, 11) is 0. The van der Waals surface area contributed by atoms with Gasteiger partial charge in [0.1, 0.15) is 0 Å². The van der Waals surface area contributed by atoms with Gasteiger partial charge in [0.05, 0.1) is 17.4 Å². The van der Waals surface area contributed by atoms with E-state index in [1.165, 1.54) is 0 Å². The summed E-state index contributed by atoms with van der Waals surface area (Å²) in [4.78, 5) is 18.2. The third kappa shape index (κ3) is 7.91. The number of carbonyl (C=O) groups is 1. The summed E-state index contributed by atoms with van der Waals surface area (Å²) in [5.74, 6) is 2.53. The van der Waals surface area contributed by atoms with Crippen LogP contribution in [0, 0.1) is 12.3 Å². The van der Waals surface area contributed by atoms with Crippen molar-refractivity contribution >= 4 is 16.7 Å². The lowest BCUT2D eigenvalue weighted by Crippen LogP contribution is -2.42. The smallest absolute Gasteiger partial charge is 0.253 e. The van der Waals surface area contributed by atoms with Crippen molar-refractivity contribution < 1.29 is 9.90 Å². The standard InChI is InChI=1S/C36H40N2O2/c1-8-10-17-30(25(3)4)33(35(40)38-36(5,6)7)26(9-2)20-21-29(39)24-28-16-12-14-19-32(28)34-31-18-13-11-15-27(31)22-23-37-34/h2,8,10-19,22-23,29,39H,1,20-21,24H2,3-7H3,(H,38,40)/b17-10-,33-26-. The van der Waals surface area contributed by atoms with E-state index in [4.69, 9.17) is 6.42 Å². The summed E-state index contributed by atoms with van der Waals surface area (Å²) in [6.45, 7) is 13.5. The van der Waals surface area contributed by atoms with Gasteiger partial charge in [0, 0.05) is 28.3 Å². The Morgan fingerprint density at radius 2 is 1.82 bits per heavy atom. The van der Waals surface area contributed by atoms with Crippen molar-refractivity contribution in [3.8, 4) is 23.6 Å². The van der Waals surface area contributed by atoms with Gasteiger partial charge in [-0.3, -0.25) is 9.78 Å². The average Bonchev–Trinajstić information content (AvgIpc) is 2.91. The van der Waals surface area contributed by atoms with Gasteiger partial charge < -0.3 is 10.4 Å². The minimum absolute atomic E-state index is 0.229. The molecule has 3 aromatic rings. The third-order valence-electron chi connectivity index (χ3n) is 6.53.